The second-order valence-electron chi connectivity index (χ2n) is 8.56. The number of hydrogen-bond acceptors (Lipinski definition) is 5. The van der Waals surface area contributed by atoms with Gasteiger partial charge >= 0.3 is 0 Å². The minimum atomic E-state index is -0.938. The summed E-state index contributed by atoms with van der Waals surface area (Å²) in [5.74, 6) is -0.632. The Kier molecular flexibility index (Phi) is 8.26. The van der Waals surface area contributed by atoms with E-state index in [-0.39, 0.29) is 30.8 Å². The summed E-state index contributed by atoms with van der Waals surface area (Å²) in [7, 11) is 0. The second-order valence-corrected chi connectivity index (χ2v) is 9.00. The fourth-order valence-electron chi connectivity index (χ4n) is 4.29. The lowest BCUT2D eigenvalue weighted by molar-refractivity contribution is -0.141. The second kappa shape index (κ2) is 11.8. The maximum atomic E-state index is 13.6. The molecule has 0 aliphatic heterocycles. The van der Waals surface area contributed by atoms with Crippen LogP contribution < -0.4 is 10.6 Å². The summed E-state index contributed by atoms with van der Waals surface area (Å²) in [5.41, 5.74) is 0.611. The van der Waals surface area contributed by atoms with E-state index in [1.54, 1.807) is 42.5 Å². The predicted octanol–water partition coefficient (Wildman–Crippen LogP) is 4.47. The molecule has 2 heterocycles. The molecule has 0 bridgehead atoms. The number of furan rings is 2. The Morgan fingerprint density at radius 2 is 1.69 bits per heavy atom. The molecule has 1 aliphatic carbocycles. The smallest absolute Gasteiger partial charge is 0.287 e. The molecule has 1 fully saturated rings. The van der Waals surface area contributed by atoms with Crippen molar-refractivity contribution in [1.82, 2.24) is 15.5 Å². The Morgan fingerprint density at radius 3 is 2.34 bits per heavy atom. The van der Waals surface area contributed by atoms with E-state index in [4.69, 9.17) is 20.4 Å². The molecule has 8 nitrogen and oxygen atoms in total. The van der Waals surface area contributed by atoms with E-state index in [9.17, 15) is 14.4 Å². The van der Waals surface area contributed by atoms with E-state index >= 15 is 0 Å². The zero-order valence-corrected chi connectivity index (χ0v) is 20.0. The monoisotopic (exact) mass is 497 g/mol. The molecular weight excluding hydrogens is 470 g/mol. The summed E-state index contributed by atoms with van der Waals surface area (Å²) in [4.78, 5) is 40.8. The normalized spacial score (nSPS) is 14.8. The first-order valence-corrected chi connectivity index (χ1v) is 12.1. The molecule has 1 aromatic carbocycles. The number of amides is 3. The fraction of sp³-hybridized carbons (Fsp3) is 0.346. The third-order valence-electron chi connectivity index (χ3n) is 6.07. The van der Waals surface area contributed by atoms with Crippen molar-refractivity contribution in [1.29, 1.82) is 0 Å². The Balaban J connectivity index is 1.60. The number of halogens is 1. The van der Waals surface area contributed by atoms with Crippen LogP contribution in [0.2, 0.25) is 5.02 Å². The number of carbonyl (C=O) groups excluding carboxylic acids is 3. The molecule has 184 valence electrons. The van der Waals surface area contributed by atoms with E-state index in [1.807, 2.05) is 0 Å². The quantitative estimate of drug-likeness (QED) is 0.453. The standard InChI is InChI=1S/C26H28ClN3O5/c27-19-12-10-18(11-13-19)24(26(33)29-20-6-2-1-3-7-20)30(17-21-8-4-14-34-21)23(31)16-28-25(32)22-9-5-15-35-22/h4-5,8-15,20,24H,1-3,6-7,16-17H2,(H,28,32)(H,29,33)/t24-/m1/s1. The number of carbonyl (C=O) groups is 3. The molecule has 4 rings (SSSR count). The summed E-state index contributed by atoms with van der Waals surface area (Å²) in [6.07, 6.45) is 7.98. The zero-order valence-electron chi connectivity index (χ0n) is 19.2. The van der Waals surface area contributed by atoms with Gasteiger partial charge in [-0.1, -0.05) is 43.0 Å². The van der Waals surface area contributed by atoms with Gasteiger partial charge in [-0.3, -0.25) is 14.4 Å². The lowest BCUT2D eigenvalue weighted by Crippen LogP contribution is -2.49. The SMILES string of the molecule is O=C(NCC(=O)N(Cc1ccco1)[C@@H](C(=O)NC1CCCCC1)c1ccc(Cl)cc1)c1ccco1. The first kappa shape index (κ1) is 24.6. The van der Waals surface area contributed by atoms with Crippen LogP contribution in [0, 0.1) is 0 Å². The van der Waals surface area contributed by atoms with Gasteiger partial charge in [0.25, 0.3) is 5.91 Å². The molecular formula is C26H28ClN3O5. The number of benzene rings is 1. The van der Waals surface area contributed by atoms with Crippen molar-refractivity contribution in [3.63, 3.8) is 0 Å². The lowest BCUT2D eigenvalue weighted by atomic mass is 9.94. The number of nitrogens with one attached hydrogen (secondary N) is 2. The molecule has 2 aromatic heterocycles. The third-order valence-corrected chi connectivity index (χ3v) is 6.32. The molecule has 1 atom stereocenters. The molecule has 3 aromatic rings. The van der Waals surface area contributed by atoms with Gasteiger partial charge in [0.2, 0.25) is 11.8 Å². The highest BCUT2D eigenvalue weighted by molar-refractivity contribution is 6.30. The van der Waals surface area contributed by atoms with Crippen molar-refractivity contribution < 1.29 is 23.2 Å². The van der Waals surface area contributed by atoms with E-state index in [0.29, 0.717) is 16.3 Å². The third kappa shape index (κ3) is 6.54. The predicted molar refractivity (Wildman–Crippen MR) is 130 cm³/mol. The van der Waals surface area contributed by atoms with Crippen molar-refractivity contribution in [2.24, 2.45) is 0 Å². The lowest BCUT2D eigenvalue weighted by Gasteiger charge is -2.33. The molecule has 35 heavy (non-hydrogen) atoms. The average Bonchev–Trinajstić information content (AvgIpc) is 3.58. The average molecular weight is 498 g/mol. The topological polar surface area (TPSA) is 105 Å². The number of rotatable bonds is 9. The maximum Gasteiger partial charge on any atom is 0.287 e. The highest BCUT2D eigenvalue weighted by Gasteiger charge is 2.33. The van der Waals surface area contributed by atoms with Crippen LogP contribution in [-0.4, -0.2) is 35.2 Å². The van der Waals surface area contributed by atoms with Gasteiger partial charge in [0.15, 0.2) is 5.76 Å². The van der Waals surface area contributed by atoms with Gasteiger partial charge in [0.1, 0.15) is 11.8 Å². The molecule has 1 saturated carbocycles. The van der Waals surface area contributed by atoms with Crippen LogP contribution in [-0.2, 0) is 16.1 Å². The Hall–Kier alpha value is -3.52. The summed E-state index contributed by atoms with van der Waals surface area (Å²) < 4.78 is 10.6. The van der Waals surface area contributed by atoms with Gasteiger partial charge < -0.3 is 24.4 Å². The van der Waals surface area contributed by atoms with E-state index in [1.165, 1.54) is 23.5 Å². The molecule has 1 aliphatic rings. The molecule has 0 saturated heterocycles. The first-order chi connectivity index (χ1) is 17.0. The van der Waals surface area contributed by atoms with E-state index < -0.39 is 17.9 Å². The van der Waals surface area contributed by atoms with Crippen LogP contribution in [0.15, 0.2) is 69.9 Å². The van der Waals surface area contributed by atoms with Gasteiger partial charge in [0.05, 0.1) is 25.6 Å². The van der Waals surface area contributed by atoms with Crippen molar-refractivity contribution in [3.8, 4) is 0 Å². The molecule has 0 spiro atoms. The van der Waals surface area contributed by atoms with E-state index in [2.05, 4.69) is 10.6 Å². The Labute approximate surface area is 208 Å². The Bertz CT molecular complexity index is 1110. The molecule has 3 amide bonds. The summed E-state index contributed by atoms with van der Waals surface area (Å²) in [6, 6.07) is 12.5. The first-order valence-electron chi connectivity index (χ1n) is 11.7. The molecule has 0 unspecified atom stereocenters. The number of nitrogens with zero attached hydrogens (tertiary/aromatic N) is 1. The van der Waals surface area contributed by atoms with Crippen molar-refractivity contribution in [3.05, 3.63) is 83.2 Å². The van der Waals surface area contributed by atoms with Gasteiger partial charge in [0, 0.05) is 11.1 Å². The van der Waals surface area contributed by atoms with Crippen LogP contribution in [0.3, 0.4) is 0 Å². The van der Waals surface area contributed by atoms with Crippen molar-refractivity contribution >= 4 is 29.3 Å². The Morgan fingerprint density at radius 1 is 0.971 bits per heavy atom. The van der Waals surface area contributed by atoms with E-state index in [0.717, 1.165) is 32.1 Å². The van der Waals surface area contributed by atoms with Gasteiger partial charge in [-0.2, -0.15) is 0 Å². The fourth-order valence-corrected chi connectivity index (χ4v) is 4.42. The zero-order chi connectivity index (χ0) is 24.6. The highest BCUT2D eigenvalue weighted by atomic mass is 35.5. The van der Waals surface area contributed by atoms with Crippen molar-refractivity contribution in [2.45, 2.75) is 50.7 Å². The van der Waals surface area contributed by atoms with Gasteiger partial charge in [-0.05, 0) is 54.8 Å². The van der Waals surface area contributed by atoms with Crippen LogP contribution in [0.4, 0.5) is 0 Å². The summed E-state index contributed by atoms with van der Waals surface area (Å²) >= 11 is 6.09. The summed E-state index contributed by atoms with van der Waals surface area (Å²) in [6.45, 7) is -0.269. The molecule has 2 N–H and O–H groups in total. The van der Waals surface area contributed by atoms with Crippen LogP contribution in [0.1, 0.15) is 60.0 Å². The van der Waals surface area contributed by atoms with Crippen LogP contribution in [0.25, 0.3) is 0 Å². The minimum Gasteiger partial charge on any atom is -0.467 e. The van der Waals surface area contributed by atoms with Crippen LogP contribution >= 0.6 is 11.6 Å². The van der Waals surface area contributed by atoms with Crippen molar-refractivity contribution in [2.75, 3.05) is 6.54 Å². The summed E-state index contributed by atoms with van der Waals surface area (Å²) in [5, 5.41) is 6.23. The largest absolute Gasteiger partial charge is 0.467 e. The highest BCUT2D eigenvalue weighted by Crippen LogP contribution is 2.27. The number of hydrogen-bond donors (Lipinski definition) is 2. The molecule has 0 radical (unpaired) electrons. The van der Waals surface area contributed by atoms with Gasteiger partial charge in [-0.25, -0.2) is 0 Å². The van der Waals surface area contributed by atoms with Gasteiger partial charge in [-0.15, -0.1) is 0 Å². The molecule has 9 heteroatoms. The maximum absolute atomic E-state index is 13.6. The van der Waals surface area contributed by atoms with Crippen LogP contribution in [0.5, 0.6) is 0 Å². The minimum absolute atomic E-state index is 0.0494.